The Hall–Kier alpha value is -2.61. The summed E-state index contributed by atoms with van der Waals surface area (Å²) in [5.41, 5.74) is -0.286. The molecule has 1 aromatic carbocycles. The molecular weight excluding hydrogens is 359 g/mol. The van der Waals surface area contributed by atoms with Gasteiger partial charge < -0.3 is 14.5 Å². The van der Waals surface area contributed by atoms with Gasteiger partial charge in [-0.15, -0.1) is 0 Å². The Morgan fingerprint density at radius 1 is 1.04 bits per heavy atom. The Kier molecular flexibility index (Phi) is 5.65. The quantitative estimate of drug-likeness (QED) is 0.816. The van der Waals surface area contributed by atoms with E-state index in [-0.39, 0.29) is 11.8 Å². The second-order valence-electron chi connectivity index (χ2n) is 6.46. The molecule has 0 atom stereocenters. The number of nitrogens with zero attached hydrogens (tertiary/aromatic N) is 3. The molecule has 0 saturated carbocycles. The molecule has 1 amide bonds. The molecule has 0 N–H and O–H groups in total. The number of alkyl halides is 3. The van der Waals surface area contributed by atoms with Crippen molar-refractivity contribution in [2.75, 3.05) is 33.2 Å². The first kappa shape index (κ1) is 19.2. The fraction of sp³-hybridized carbons (Fsp3) is 0.368. The van der Waals surface area contributed by atoms with Crippen LogP contribution in [-0.2, 0) is 6.18 Å². The van der Waals surface area contributed by atoms with Crippen LogP contribution in [0.15, 0.2) is 42.6 Å². The maximum atomic E-state index is 12.6. The molecule has 8 heteroatoms. The van der Waals surface area contributed by atoms with Crippen LogP contribution in [0.25, 0.3) is 0 Å². The normalized spacial score (nSPS) is 16.1. The van der Waals surface area contributed by atoms with E-state index in [9.17, 15) is 18.0 Å². The largest absolute Gasteiger partial charge is 0.439 e. The third-order valence-electron chi connectivity index (χ3n) is 4.39. The number of likely N-dealkylation sites (N-methyl/N-ethyl adjacent to an activating group) is 1. The second-order valence-corrected chi connectivity index (χ2v) is 6.46. The average Bonchev–Trinajstić information content (AvgIpc) is 2.86. The van der Waals surface area contributed by atoms with Gasteiger partial charge in [0.05, 0.1) is 5.56 Å². The lowest BCUT2D eigenvalue weighted by Gasteiger charge is -2.20. The zero-order chi connectivity index (χ0) is 19.4. The number of amides is 1. The Bertz CT molecular complexity index is 776. The molecule has 144 valence electrons. The summed E-state index contributed by atoms with van der Waals surface area (Å²) in [5.74, 6) is 0.413. The van der Waals surface area contributed by atoms with Crippen LogP contribution in [0, 0.1) is 0 Å². The van der Waals surface area contributed by atoms with Gasteiger partial charge in [-0.3, -0.25) is 4.79 Å². The Balaban J connectivity index is 1.64. The Labute approximate surface area is 155 Å². The predicted molar refractivity (Wildman–Crippen MR) is 93.8 cm³/mol. The van der Waals surface area contributed by atoms with Crippen LogP contribution in [-0.4, -0.2) is 53.9 Å². The summed E-state index contributed by atoms with van der Waals surface area (Å²) < 4.78 is 43.1. The van der Waals surface area contributed by atoms with Gasteiger partial charge in [-0.2, -0.15) is 13.2 Å². The van der Waals surface area contributed by atoms with Crippen LogP contribution >= 0.6 is 0 Å². The molecule has 0 aliphatic carbocycles. The van der Waals surface area contributed by atoms with Crippen molar-refractivity contribution in [2.24, 2.45) is 0 Å². The number of rotatable bonds is 3. The zero-order valence-corrected chi connectivity index (χ0v) is 14.9. The molecule has 5 nitrogen and oxygen atoms in total. The number of hydrogen-bond acceptors (Lipinski definition) is 4. The SMILES string of the molecule is CN1CCCN(C(=O)c2ccc(Oc3ccc(C(F)(F)F)cn3)cc2)CC1. The van der Waals surface area contributed by atoms with Gasteiger partial charge in [-0.25, -0.2) is 4.98 Å². The van der Waals surface area contributed by atoms with Gasteiger partial charge in [0.25, 0.3) is 5.91 Å². The van der Waals surface area contributed by atoms with Gasteiger partial charge in [0.2, 0.25) is 5.88 Å². The molecular formula is C19H20F3N3O2. The molecule has 0 bridgehead atoms. The van der Waals surface area contributed by atoms with Gasteiger partial charge in [0.15, 0.2) is 0 Å². The van der Waals surface area contributed by atoms with E-state index in [1.165, 1.54) is 0 Å². The maximum Gasteiger partial charge on any atom is 0.417 e. The highest BCUT2D eigenvalue weighted by Gasteiger charge is 2.30. The van der Waals surface area contributed by atoms with Crippen molar-refractivity contribution in [2.45, 2.75) is 12.6 Å². The number of benzene rings is 1. The molecule has 1 saturated heterocycles. The van der Waals surface area contributed by atoms with Crippen molar-refractivity contribution in [3.8, 4) is 11.6 Å². The zero-order valence-electron chi connectivity index (χ0n) is 14.9. The van der Waals surface area contributed by atoms with E-state index in [2.05, 4.69) is 9.88 Å². The lowest BCUT2D eigenvalue weighted by molar-refractivity contribution is -0.137. The smallest absolute Gasteiger partial charge is 0.417 e. The highest BCUT2D eigenvalue weighted by molar-refractivity contribution is 5.94. The molecule has 2 heterocycles. The minimum atomic E-state index is -4.43. The summed E-state index contributed by atoms with van der Waals surface area (Å²) in [6, 6.07) is 8.59. The number of hydrogen-bond donors (Lipinski definition) is 0. The minimum Gasteiger partial charge on any atom is -0.439 e. The minimum absolute atomic E-state index is 0.0375. The summed E-state index contributed by atoms with van der Waals surface area (Å²) in [6.45, 7) is 3.21. The lowest BCUT2D eigenvalue weighted by atomic mass is 10.2. The first-order chi connectivity index (χ1) is 12.8. The van der Waals surface area contributed by atoms with Crippen molar-refractivity contribution in [1.82, 2.24) is 14.8 Å². The molecule has 27 heavy (non-hydrogen) atoms. The summed E-state index contributed by atoms with van der Waals surface area (Å²) in [6.07, 6.45) is -2.78. The molecule has 1 aliphatic rings. The van der Waals surface area contributed by atoms with Crippen LogP contribution in [0.2, 0.25) is 0 Å². The Morgan fingerprint density at radius 2 is 1.78 bits per heavy atom. The average molecular weight is 379 g/mol. The van der Waals surface area contributed by atoms with Crippen molar-refractivity contribution >= 4 is 5.91 Å². The van der Waals surface area contributed by atoms with Crippen LogP contribution in [0.5, 0.6) is 11.6 Å². The number of carbonyl (C=O) groups is 1. The molecule has 1 aromatic heterocycles. The van der Waals surface area contributed by atoms with E-state index >= 15 is 0 Å². The summed E-state index contributed by atoms with van der Waals surface area (Å²) in [7, 11) is 2.04. The number of aromatic nitrogens is 1. The third-order valence-corrected chi connectivity index (χ3v) is 4.39. The molecule has 0 radical (unpaired) electrons. The summed E-state index contributed by atoms with van der Waals surface area (Å²) >= 11 is 0. The standard InChI is InChI=1S/C19H20F3N3O2/c1-24-9-2-10-25(12-11-24)18(26)14-3-6-16(7-4-14)27-17-8-5-15(13-23-17)19(20,21)22/h3-8,13H,2,9-12H2,1H3. The van der Waals surface area contributed by atoms with Gasteiger partial charge in [0.1, 0.15) is 5.75 Å². The second kappa shape index (κ2) is 7.96. The van der Waals surface area contributed by atoms with E-state index in [0.717, 1.165) is 44.4 Å². The van der Waals surface area contributed by atoms with Crippen LogP contribution in [0.3, 0.4) is 0 Å². The monoisotopic (exact) mass is 379 g/mol. The lowest BCUT2D eigenvalue weighted by Crippen LogP contribution is -2.34. The summed E-state index contributed by atoms with van der Waals surface area (Å²) in [5, 5.41) is 0. The fourth-order valence-corrected chi connectivity index (χ4v) is 2.83. The van der Waals surface area contributed by atoms with E-state index in [4.69, 9.17) is 4.74 Å². The van der Waals surface area contributed by atoms with Crippen molar-refractivity contribution < 1.29 is 22.7 Å². The van der Waals surface area contributed by atoms with E-state index in [1.54, 1.807) is 24.3 Å². The van der Waals surface area contributed by atoms with Gasteiger partial charge in [-0.05, 0) is 50.3 Å². The topological polar surface area (TPSA) is 45.7 Å². The molecule has 1 aliphatic heterocycles. The first-order valence-corrected chi connectivity index (χ1v) is 8.62. The Morgan fingerprint density at radius 3 is 2.41 bits per heavy atom. The fourth-order valence-electron chi connectivity index (χ4n) is 2.83. The maximum absolute atomic E-state index is 12.6. The van der Waals surface area contributed by atoms with E-state index < -0.39 is 11.7 Å². The van der Waals surface area contributed by atoms with Crippen molar-refractivity contribution in [3.05, 3.63) is 53.7 Å². The number of carbonyl (C=O) groups excluding carboxylic acids is 1. The molecule has 1 fully saturated rings. The number of ether oxygens (including phenoxy) is 1. The molecule has 0 spiro atoms. The molecule has 3 rings (SSSR count). The van der Waals surface area contributed by atoms with Crippen molar-refractivity contribution in [3.63, 3.8) is 0 Å². The number of pyridine rings is 1. The highest BCUT2D eigenvalue weighted by Crippen LogP contribution is 2.30. The van der Waals surface area contributed by atoms with Gasteiger partial charge in [0, 0.05) is 37.5 Å². The summed E-state index contributed by atoms with van der Waals surface area (Å²) in [4.78, 5) is 20.3. The first-order valence-electron chi connectivity index (χ1n) is 8.62. The molecule has 2 aromatic rings. The predicted octanol–water partition coefficient (Wildman–Crippen LogP) is 3.67. The molecule has 0 unspecified atom stereocenters. The van der Waals surface area contributed by atoms with E-state index in [0.29, 0.717) is 17.9 Å². The van der Waals surface area contributed by atoms with Crippen LogP contribution < -0.4 is 4.74 Å². The van der Waals surface area contributed by atoms with Crippen molar-refractivity contribution in [1.29, 1.82) is 0 Å². The van der Waals surface area contributed by atoms with Crippen LogP contribution in [0.4, 0.5) is 13.2 Å². The van der Waals surface area contributed by atoms with Gasteiger partial charge >= 0.3 is 6.18 Å². The van der Waals surface area contributed by atoms with Gasteiger partial charge in [-0.1, -0.05) is 0 Å². The van der Waals surface area contributed by atoms with E-state index in [1.807, 2.05) is 11.9 Å². The third kappa shape index (κ3) is 4.97. The highest BCUT2D eigenvalue weighted by atomic mass is 19.4. The van der Waals surface area contributed by atoms with Crippen LogP contribution in [0.1, 0.15) is 22.3 Å². The number of halogens is 3.